The van der Waals surface area contributed by atoms with Gasteiger partial charge in [-0.3, -0.25) is 0 Å². The van der Waals surface area contributed by atoms with Gasteiger partial charge < -0.3 is 0 Å². The van der Waals surface area contributed by atoms with Gasteiger partial charge in [0.25, 0.3) is 0 Å². The molecular formula is C6H10NP. The largest absolute Gasteiger partial charge is 0.193 e. The molecule has 0 heterocycles. The maximum Gasteiger partial charge on any atom is 0.0958 e. The van der Waals surface area contributed by atoms with Gasteiger partial charge in [-0.05, 0) is 0 Å². The third kappa shape index (κ3) is 5.66. The number of hydrogen-bond acceptors (Lipinski definition) is 1. The minimum Gasteiger partial charge on any atom is -0.193 e. The van der Waals surface area contributed by atoms with E-state index in [4.69, 9.17) is 5.26 Å². The normalized spacial score (nSPS) is 11.8. The lowest BCUT2D eigenvalue weighted by Crippen LogP contribution is -2.01. The summed E-state index contributed by atoms with van der Waals surface area (Å²) in [6, 6.07) is 1.99. The third-order valence-electron chi connectivity index (χ3n) is 0.510. The predicted octanol–water partition coefficient (Wildman–Crippen LogP) is 2.06. The van der Waals surface area contributed by atoms with Crippen LogP contribution in [0.15, 0.2) is 0 Å². The fraction of sp³-hybridized carbons (Fsp3) is 0.667. The fourth-order valence-electron chi connectivity index (χ4n) is 0.223. The molecule has 0 unspecified atom stereocenters. The van der Waals surface area contributed by atoms with Crippen molar-refractivity contribution in [2.75, 3.05) is 0 Å². The van der Waals surface area contributed by atoms with Crippen LogP contribution in [0, 0.1) is 11.3 Å². The zero-order chi connectivity index (χ0) is 6.62. The second-order valence-electron chi connectivity index (χ2n) is 2.56. The monoisotopic (exact) mass is 127 g/mol. The molecule has 0 N–H and O–H groups in total. The quantitative estimate of drug-likeness (QED) is 0.457. The minimum atomic E-state index is 0.246. The van der Waals surface area contributed by atoms with E-state index >= 15 is 0 Å². The Kier molecular flexibility index (Phi) is 2.72. The molecule has 0 saturated heterocycles. The van der Waals surface area contributed by atoms with Crippen LogP contribution in [0.25, 0.3) is 0 Å². The molecule has 0 radical (unpaired) electrons. The average molecular weight is 127 g/mol. The molecule has 0 aliphatic rings. The first-order valence-corrected chi connectivity index (χ1v) is 3.46. The molecule has 0 aromatic heterocycles. The van der Waals surface area contributed by atoms with Gasteiger partial charge in [0.05, 0.1) is 6.07 Å². The SMILES string of the molecule is CC(C)(C)P=CC#N. The molecule has 8 heavy (non-hydrogen) atoms. The summed E-state index contributed by atoms with van der Waals surface area (Å²) in [5.74, 6) is 1.61. The molecule has 0 spiro atoms. The molecule has 0 aromatic carbocycles. The molecule has 1 nitrogen and oxygen atoms in total. The number of nitrogens with zero attached hydrogens (tertiary/aromatic N) is 1. The van der Waals surface area contributed by atoms with Crippen molar-refractivity contribution in [3.05, 3.63) is 0 Å². The van der Waals surface area contributed by atoms with Gasteiger partial charge in [-0.25, -0.2) is 0 Å². The Hall–Kier alpha value is -0.340. The zero-order valence-electron chi connectivity index (χ0n) is 5.47. The van der Waals surface area contributed by atoms with E-state index in [1.54, 1.807) is 5.80 Å². The van der Waals surface area contributed by atoms with Crippen LogP contribution in [0.2, 0.25) is 0 Å². The first-order chi connectivity index (χ1) is 3.56. The summed E-state index contributed by atoms with van der Waals surface area (Å²) >= 11 is 0. The standard InChI is InChI=1S/C6H10NP/c1-6(2,3)8-5-4-7/h5H,1-3H3. The fourth-order valence-corrected chi connectivity index (χ4v) is 0.668. The van der Waals surface area contributed by atoms with Crippen LogP contribution in [-0.4, -0.2) is 11.0 Å². The first kappa shape index (κ1) is 7.66. The van der Waals surface area contributed by atoms with Gasteiger partial charge >= 0.3 is 0 Å². The highest BCUT2D eigenvalue weighted by Crippen LogP contribution is 2.19. The Bertz CT molecular complexity index is 124. The molecule has 44 valence electrons. The van der Waals surface area contributed by atoms with Crippen molar-refractivity contribution in [1.29, 1.82) is 5.26 Å². The highest BCUT2D eigenvalue weighted by atomic mass is 31.1. The van der Waals surface area contributed by atoms with Crippen LogP contribution in [0.4, 0.5) is 0 Å². The smallest absolute Gasteiger partial charge is 0.0958 e. The summed E-state index contributed by atoms with van der Waals surface area (Å²) in [7, 11) is 1.10. The Labute approximate surface area is 52.1 Å². The van der Waals surface area contributed by atoms with E-state index in [-0.39, 0.29) is 5.16 Å². The number of rotatable bonds is 0. The maximum atomic E-state index is 8.12. The van der Waals surface area contributed by atoms with E-state index in [1.807, 2.05) is 6.07 Å². The number of hydrogen-bond donors (Lipinski definition) is 0. The van der Waals surface area contributed by atoms with E-state index in [9.17, 15) is 0 Å². The van der Waals surface area contributed by atoms with Crippen molar-refractivity contribution in [3.8, 4) is 6.07 Å². The van der Waals surface area contributed by atoms with Crippen LogP contribution >= 0.6 is 8.20 Å². The summed E-state index contributed by atoms with van der Waals surface area (Å²) < 4.78 is 0. The van der Waals surface area contributed by atoms with E-state index in [0.29, 0.717) is 0 Å². The molecular weight excluding hydrogens is 117 g/mol. The van der Waals surface area contributed by atoms with Gasteiger partial charge in [-0.1, -0.05) is 29.0 Å². The molecule has 0 aliphatic heterocycles. The third-order valence-corrected chi connectivity index (χ3v) is 1.53. The van der Waals surface area contributed by atoms with Crippen LogP contribution in [0.5, 0.6) is 0 Å². The molecule has 0 aromatic rings. The molecule has 0 rings (SSSR count). The summed E-state index contributed by atoms with van der Waals surface area (Å²) in [6.45, 7) is 6.30. The van der Waals surface area contributed by atoms with Gasteiger partial charge in [-0.15, -0.1) is 0 Å². The molecule has 2 heteroatoms. The van der Waals surface area contributed by atoms with Crippen molar-refractivity contribution >= 4 is 14.0 Å². The second-order valence-corrected chi connectivity index (χ2v) is 4.42. The van der Waals surface area contributed by atoms with Crippen LogP contribution in [-0.2, 0) is 0 Å². The lowest BCUT2D eigenvalue weighted by Gasteiger charge is -2.07. The second kappa shape index (κ2) is 2.84. The van der Waals surface area contributed by atoms with Crippen molar-refractivity contribution in [2.24, 2.45) is 0 Å². The Balaban J connectivity index is 3.75. The molecule has 0 fully saturated rings. The van der Waals surface area contributed by atoms with Gasteiger partial charge in [0.2, 0.25) is 0 Å². The van der Waals surface area contributed by atoms with Gasteiger partial charge in [-0.2, -0.15) is 5.26 Å². The lowest BCUT2D eigenvalue weighted by molar-refractivity contribution is 0.802. The van der Waals surface area contributed by atoms with Crippen LogP contribution < -0.4 is 0 Å². The van der Waals surface area contributed by atoms with E-state index in [2.05, 4.69) is 20.8 Å². The van der Waals surface area contributed by atoms with Gasteiger partial charge in [0.15, 0.2) is 0 Å². The Morgan fingerprint density at radius 1 is 1.50 bits per heavy atom. The summed E-state index contributed by atoms with van der Waals surface area (Å²) in [6.07, 6.45) is 0. The molecule has 0 atom stereocenters. The minimum absolute atomic E-state index is 0.246. The van der Waals surface area contributed by atoms with Gasteiger partial charge in [0, 0.05) is 11.0 Å². The first-order valence-electron chi connectivity index (χ1n) is 2.49. The van der Waals surface area contributed by atoms with E-state index < -0.39 is 0 Å². The maximum absolute atomic E-state index is 8.12. The Morgan fingerprint density at radius 2 is 2.00 bits per heavy atom. The molecule has 0 aliphatic carbocycles. The lowest BCUT2D eigenvalue weighted by atomic mass is 10.3. The summed E-state index contributed by atoms with van der Waals surface area (Å²) in [5.41, 5.74) is 0. The number of nitriles is 1. The topological polar surface area (TPSA) is 23.8 Å². The van der Waals surface area contributed by atoms with Crippen molar-refractivity contribution in [3.63, 3.8) is 0 Å². The Morgan fingerprint density at radius 3 is 2.12 bits per heavy atom. The molecule has 0 saturated carbocycles. The van der Waals surface area contributed by atoms with Gasteiger partial charge in [0.1, 0.15) is 0 Å². The average Bonchev–Trinajstić information content (AvgIpc) is 1.59. The predicted molar refractivity (Wildman–Crippen MR) is 38.4 cm³/mol. The molecule has 0 amide bonds. The van der Waals surface area contributed by atoms with E-state index in [0.717, 1.165) is 8.20 Å². The van der Waals surface area contributed by atoms with Crippen molar-refractivity contribution in [1.82, 2.24) is 0 Å². The van der Waals surface area contributed by atoms with Crippen LogP contribution in [0.3, 0.4) is 0 Å². The zero-order valence-corrected chi connectivity index (χ0v) is 6.37. The molecule has 0 bridgehead atoms. The van der Waals surface area contributed by atoms with Crippen molar-refractivity contribution in [2.45, 2.75) is 25.9 Å². The highest BCUT2D eigenvalue weighted by molar-refractivity contribution is 7.40. The van der Waals surface area contributed by atoms with Crippen molar-refractivity contribution < 1.29 is 0 Å². The summed E-state index contributed by atoms with van der Waals surface area (Å²) in [4.78, 5) is 0. The van der Waals surface area contributed by atoms with E-state index in [1.165, 1.54) is 0 Å². The summed E-state index contributed by atoms with van der Waals surface area (Å²) in [5, 5.41) is 8.36. The van der Waals surface area contributed by atoms with Crippen LogP contribution in [0.1, 0.15) is 20.8 Å². The highest BCUT2D eigenvalue weighted by Gasteiger charge is 2.02.